The Balaban J connectivity index is 1.50. The van der Waals surface area contributed by atoms with Crippen molar-refractivity contribution in [3.63, 3.8) is 0 Å². The molecular weight excluding hydrogens is 603 g/mol. The fourth-order valence-electron chi connectivity index (χ4n) is 4.04. The van der Waals surface area contributed by atoms with Crippen LogP contribution in [-0.2, 0) is 29.7 Å². The van der Waals surface area contributed by atoms with Crippen molar-refractivity contribution in [2.75, 3.05) is 32.3 Å². The average molecular weight is 655 g/mol. The summed E-state index contributed by atoms with van der Waals surface area (Å²) in [5.74, 6) is 0.202. The van der Waals surface area contributed by atoms with E-state index in [0.29, 0.717) is 36.4 Å². The van der Waals surface area contributed by atoms with Crippen LogP contribution < -0.4 is 11.1 Å². The molecule has 2 rings (SSSR count). The molecule has 0 spiro atoms. The molecule has 2 aromatic heterocycles. The first kappa shape index (κ1) is 38.6. The monoisotopic (exact) mass is 654 g/mol. The highest BCUT2D eigenvalue weighted by Crippen LogP contribution is 2.47. The van der Waals surface area contributed by atoms with Gasteiger partial charge in [-0.3, -0.25) is 9.36 Å². The number of hydrogen-bond acceptors (Lipinski definition) is 9. The molecule has 0 aliphatic heterocycles. The maximum Gasteiger partial charge on any atom is 0.355 e. The number of fused-ring (bicyclic) bond motifs is 1. The van der Waals surface area contributed by atoms with Gasteiger partial charge >= 0.3 is 7.60 Å². The topological polar surface area (TPSA) is 143 Å². The van der Waals surface area contributed by atoms with Gasteiger partial charge in [-0.1, -0.05) is 79.8 Å². The minimum atomic E-state index is -3.49. The zero-order chi connectivity index (χ0) is 33.3. The van der Waals surface area contributed by atoms with Gasteiger partial charge in [0.1, 0.15) is 18.2 Å². The molecule has 12 heteroatoms. The van der Waals surface area contributed by atoms with E-state index >= 15 is 0 Å². The summed E-state index contributed by atoms with van der Waals surface area (Å²) in [7, 11) is -2.18. The second kappa shape index (κ2) is 23.7. The van der Waals surface area contributed by atoms with Gasteiger partial charge < -0.3 is 29.4 Å². The van der Waals surface area contributed by atoms with Crippen molar-refractivity contribution in [3.8, 4) is 0 Å². The smallest absolute Gasteiger partial charge is 0.355 e. The third kappa shape index (κ3) is 16.6. The molecule has 0 saturated carbocycles. The van der Waals surface area contributed by atoms with Crippen LogP contribution in [-0.4, -0.2) is 58.1 Å². The number of nitrogen functional groups attached to an aromatic ring is 1. The van der Waals surface area contributed by atoms with Crippen molar-refractivity contribution >= 4 is 30.5 Å². The third-order valence-electron chi connectivity index (χ3n) is 6.53. The van der Waals surface area contributed by atoms with E-state index in [1.807, 2.05) is 13.0 Å². The molecule has 11 nitrogen and oxygen atoms in total. The Kier molecular flexibility index (Phi) is 19.8. The number of rotatable bonds is 24. The summed E-state index contributed by atoms with van der Waals surface area (Å²) >= 11 is 0. The number of nitrogens with zero attached hydrogens (tertiary/aromatic N) is 4. The summed E-state index contributed by atoms with van der Waals surface area (Å²) in [4.78, 5) is 24.5. The van der Waals surface area contributed by atoms with Crippen LogP contribution in [0.15, 0.2) is 85.6 Å². The molecule has 0 fully saturated rings. The molecule has 0 radical (unpaired) electrons. The van der Waals surface area contributed by atoms with Crippen LogP contribution in [0.1, 0.15) is 65.2 Å². The SMILES string of the molecule is CCC=CCC=CCC=CCC=CCC=CCC=CCCC(=O)NCCOP(=O)(CO[C@H](C)Cn1cnc2c(N)ncnc21)OC. The van der Waals surface area contributed by atoms with Gasteiger partial charge in [-0.2, -0.15) is 0 Å². The number of hydrogen-bond donors (Lipinski definition) is 2. The van der Waals surface area contributed by atoms with Crippen LogP contribution in [0.25, 0.3) is 11.2 Å². The second-order valence-electron chi connectivity index (χ2n) is 10.4. The summed E-state index contributed by atoms with van der Waals surface area (Å²) in [6, 6.07) is 0. The molecule has 0 bridgehead atoms. The number of aromatic nitrogens is 4. The van der Waals surface area contributed by atoms with Crippen molar-refractivity contribution in [1.29, 1.82) is 0 Å². The third-order valence-corrected chi connectivity index (χ3v) is 8.12. The lowest BCUT2D eigenvalue weighted by Crippen LogP contribution is -2.27. The first-order chi connectivity index (χ1) is 22.4. The number of carbonyl (C=O) groups is 1. The minimum Gasteiger partial charge on any atom is -0.382 e. The molecule has 1 amide bonds. The molecule has 0 aromatic carbocycles. The van der Waals surface area contributed by atoms with Crippen LogP contribution in [0, 0.1) is 0 Å². The van der Waals surface area contributed by atoms with E-state index in [0.717, 1.165) is 38.5 Å². The highest BCUT2D eigenvalue weighted by Gasteiger charge is 2.25. The fraction of sp³-hybridized carbons (Fsp3) is 0.471. The lowest BCUT2D eigenvalue weighted by molar-refractivity contribution is -0.121. The molecule has 2 aromatic rings. The zero-order valence-corrected chi connectivity index (χ0v) is 28.4. The van der Waals surface area contributed by atoms with E-state index in [4.69, 9.17) is 19.5 Å². The molecule has 3 N–H and O–H groups in total. The Morgan fingerprint density at radius 2 is 1.52 bits per heavy atom. The van der Waals surface area contributed by atoms with Crippen LogP contribution in [0.5, 0.6) is 0 Å². The maximum absolute atomic E-state index is 12.9. The first-order valence-corrected chi connectivity index (χ1v) is 17.6. The van der Waals surface area contributed by atoms with E-state index in [1.54, 1.807) is 10.9 Å². The molecule has 2 heterocycles. The standard InChI is InChI=1S/C34H51N6O5P/c1-4-5-6-7-8-9-10-11-12-13-14-15-16-17-18-19-20-21-22-23-31(41)36-24-25-45-46(42,43-3)29-44-30(2)26-40-28-39-32-33(35)37-27-38-34(32)40/h5-6,8-9,11-12,14-15,17-18,20-21,27-28,30H,4,7,10,13,16,19,22-26,29H2,1-3H3,(H,36,41)(H2,35,37,38)/t30-,46?/m1/s1. The van der Waals surface area contributed by atoms with Gasteiger partial charge in [0.2, 0.25) is 5.91 Å². The molecule has 0 saturated heterocycles. The number of nitrogens with one attached hydrogen (secondary N) is 1. The first-order valence-electron chi connectivity index (χ1n) is 15.9. The van der Waals surface area contributed by atoms with Gasteiger partial charge in [0.05, 0.1) is 25.6 Å². The number of carbonyl (C=O) groups excluding carboxylic acids is 1. The zero-order valence-electron chi connectivity index (χ0n) is 27.5. The number of anilines is 1. The van der Waals surface area contributed by atoms with Gasteiger partial charge in [0.25, 0.3) is 0 Å². The predicted octanol–water partition coefficient (Wildman–Crippen LogP) is 7.22. The highest BCUT2D eigenvalue weighted by molar-refractivity contribution is 7.53. The van der Waals surface area contributed by atoms with Crippen molar-refractivity contribution < 1.29 is 23.1 Å². The summed E-state index contributed by atoms with van der Waals surface area (Å²) in [6.07, 6.45) is 35.0. The summed E-state index contributed by atoms with van der Waals surface area (Å²) in [6.45, 7) is 4.63. The molecule has 2 atom stereocenters. The molecule has 252 valence electrons. The number of imidazole rings is 1. The van der Waals surface area contributed by atoms with E-state index < -0.39 is 7.60 Å². The number of amides is 1. The van der Waals surface area contributed by atoms with Gasteiger partial charge in [-0.25, -0.2) is 15.0 Å². The molecular formula is C34H51N6O5P. The Labute approximate surface area is 273 Å². The molecule has 46 heavy (non-hydrogen) atoms. The number of nitrogens with two attached hydrogens (primary N) is 1. The summed E-state index contributed by atoms with van der Waals surface area (Å²) in [5, 5.41) is 2.77. The predicted molar refractivity (Wildman–Crippen MR) is 186 cm³/mol. The van der Waals surface area contributed by atoms with E-state index in [-0.39, 0.29) is 31.5 Å². The highest BCUT2D eigenvalue weighted by atomic mass is 31.2. The van der Waals surface area contributed by atoms with Crippen LogP contribution in [0.3, 0.4) is 0 Å². The van der Waals surface area contributed by atoms with Gasteiger partial charge in [0, 0.05) is 20.1 Å². The molecule has 0 aliphatic carbocycles. The Bertz CT molecular complexity index is 1380. The van der Waals surface area contributed by atoms with Gasteiger partial charge in [-0.15, -0.1) is 0 Å². The fourth-order valence-corrected chi connectivity index (χ4v) is 5.13. The van der Waals surface area contributed by atoms with Gasteiger partial charge in [-0.05, 0) is 51.9 Å². The Morgan fingerprint density at radius 1 is 0.935 bits per heavy atom. The lowest BCUT2D eigenvalue weighted by atomic mass is 10.2. The minimum absolute atomic E-state index is 0.0386. The lowest BCUT2D eigenvalue weighted by Gasteiger charge is -2.20. The van der Waals surface area contributed by atoms with E-state index in [1.165, 1.54) is 13.4 Å². The van der Waals surface area contributed by atoms with Gasteiger partial charge in [0.15, 0.2) is 11.5 Å². The van der Waals surface area contributed by atoms with Crippen LogP contribution in [0.2, 0.25) is 0 Å². The Hall–Kier alpha value is -3.63. The van der Waals surface area contributed by atoms with Crippen LogP contribution in [0.4, 0.5) is 5.82 Å². The average Bonchev–Trinajstić information content (AvgIpc) is 3.47. The molecule has 1 unspecified atom stereocenters. The summed E-state index contributed by atoms with van der Waals surface area (Å²) in [5.41, 5.74) is 6.93. The Morgan fingerprint density at radius 3 is 2.11 bits per heavy atom. The normalized spacial score (nSPS) is 14.7. The summed E-state index contributed by atoms with van der Waals surface area (Å²) < 4.78 is 31.0. The van der Waals surface area contributed by atoms with Crippen molar-refractivity contribution in [1.82, 2.24) is 24.8 Å². The van der Waals surface area contributed by atoms with E-state index in [2.05, 4.69) is 94.0 Å². The van der Waals surface area contributed by atoms with Crippen molar-refractivity contribution in [2.24, 2.45) is 0 Å². The quantitative estimate of drug-likeness (QED) is 0.0681. The molecule has 0 aliphatic rings. The maximum atomic E-state index is 12.9. The second-order valence-corrected chi connectivity index (χ2v) is 12.5. The van der Waals surface area contributed by atoms with Crippen molar-refractivity contribution in [2.45, 2.75) is 77.9 Å². The number of ether oxygens (including phenoxy) is 1. The number of allylic oxidation sites excluding steroid dienone is 12. The van der Waals surface area contributed by atoms with E-state index in [9.17, 15) is 9.36 Å². The largest absolute Gasteiger partial charge is 0.382 e. The van der Waals surface area contributed by atoms with Crippen LogP contribution >= 0.6 is 7.60 Å². The van der Waals surface area contributed by atoms with Crippen molar-refractivity contribution in [3.05, 3.63) is 85.6 Å².